The number of nitrogens with zero attached hydrogens (tertiary/aromatic N) is 2. The van der Waals surface area contributed by atoms with E-state index in [1.807, 2.05) is 4.90 Å². The van der Waals surface area contributed by atoms with Gasteiger partial charge in [0.05, 0.1) is 12.6 Å². The Hall–Kier alpha value is -0.650. The fourth-order valence-corrected chi connectivity index (χ4v) is 2.49. The number of carbonyl (C=O) groups excluding carboxylic acids is 1. The Morgan fingerprint density at radius 1 is 1.21 bits per heavy atom. The number of carbonyl (C=O) groups is 1. The van der Waals surface area contributed by atoms with E-state index in [1.54, 1.807) is 0 Å². The van der Waals surface area contributed by atoms with E-state index >= 15 is 0 Å². The lowest BCUT2D eigenvalue weighted by Gasteiger charge is -2.32. The van der Waals surface area contributed by atoms with E-state index in [0.717, 1.165) is 39.0 Å². The van der Waals surface area contributed by atoms with Crippen LogP contribution in [0.1, 0.15) is 26.7 Å². The maximum absolute atomic E-state index is 12.0. The van der Waals surface area contributed by atoms with Gasteiger partial charge in [-0.25, -0.2) is 0 Å². The summed E-state index contributed by atoms with van der Waals surface area (Å²) in [4.78, 5) is 16.1. The van der Waals surface area contributed by atoms with E-state index < -0.39 is 0 Å². The molecule has 1 saturated heterocycles. The summed E-state index contributed by atoms with van der Waals surface area (Å²) in [5.74, 6) is 0.469. The molecule has 1 fully saturated rings. The molecule has 0 radical (unpaired) electrons. The van der Waals surface area contributed by atoms with Crippen molar-refractivity contribution in [1.29, 1.82) is 0 Å². The highest BCUT2D eigenvalue weighted by molar-refractivity contribution is 5.78. The number of rotatable bonds is 7. The third kappa shape index (κ3) is 5.47. The number of nitrogens with one attached hydrogen (secondary N) is 1. The monoisotopic (exact) mass is 271 g/mol. The minimum absolute atomic E-state index is 0.143. The quantitative estimate of drug-likeness (QED) is 0.692. The minimum atomic E-state index is -0.352. The van der Waals surface area contributed by atoms with E-state index in [1.165, 1.54) is 0 Å². The van der Waals surface area contributed by atoms with Gasteiger partial charge in [0.15, 0.2) is 0 Å². The van der Waals surface area contributed by atoms with E-state index in [2.05, 4.69) is 31.1 Å². The zero-order valence-electron chi connectivity index (χ0n) is 12.6. The SMILES string of the molecule is CCC(CC)C(O)CNCC(=O)N1CCN(C)CC1. The van der Waals surface area contributed by atoms with Gasteiger partial charge in [0.25, 0.3) is 0 Å². The van der Waals surface area contributed by atoms with Crippen molar-refractivity contribution in [3.8, 4) is 0 Å². The van der Waals surface area contributed by atoms with Crippen molar-refractivity contribution in [3.63, 3.8) is 0 Å². The van der Waals surface area contributed by atoms with Gasteiger partial charge >= 0.3 is 0 Å². The molecule has 0 aliphatic carbocycles. The highest BCUT2D eigenvalue weighted by atomic mass is 16.3. The van der Waals surface area contributed by atoms with E-state index in [9.17, 15) is 9.90 Å². The summed E-state index contributed by atoms with van der Waals surface area (Å²) in [7, 11) is 2.08. The number of amides is 1. The van der Waals surface area contributed by atoms with Gasteiger partial charge in [0, 0.05) is 32.7 Å². The van der Waals surface area contributed by atoms with Crippen LogP contribution >= 0.6 is 0 Å². The normalized spacial score (nSPS) is 18.9. The zero-order chi connectivity index (χ0) is 14.3. The molecule has 1 aliphatic heterocycles. The Bertz CT molecular complexity index is 261. The van der Waals surface area contributed by atoms with Crippen molar-refractivity contribution in [2.75, 3.05) is 46.3 Å². The van der Waals surface area contributed by atoms with Gasteiger partial charge in [-0.1, -0.05) is 26.7 Å². The Morgan fingerprint density at radius 2 is 1.79 bits per heavy atom. The molecule has 1 amide bonds. The van der Waals surface area contributed by atoms with E-state index in [-0.39, 0.29) is 12.0 Å². The van der Waals surface area contributed by atoms with Gasteiger partial charge in [0.1, 0.15) is 0 Å². The topological polar surface area (TPSA) is 55.8 Å². The molecule has 1 rings (SSSR count). The highest BCUT2D eigenvalue weighted by Crippen LogP contribution is 2.12. The van der Waals surface area contributed by atoms with Crippen LogP contribution in [0.15, 0.2) is 0 Å². The first-order valence-corrected chi connectivity index (χ1v) is 7.43. The molecule has 0 saturated carbocycles. The molecule has 1 heterocycles. The van der Waals surface area contributed by atoms with Crippen LogP contribution < -0.4 is 5.32 Å². The standard InChI is InChI=1S/C14H29N3O2/c1-4-12(5-2)13(18)10-15-11-14(19)17-8-6-16(3)7-9-17/h12-13,15,18H,4-11H2,1-3H3. The summed E-state index contributed by atoms with van der Waals surface area (Å²) < 4.78 is 0. The molecule has 2 N–H and O–H groups in total. The van der Waals surface area contributed by atoms with Crippen LogP contribution in [0, 0.1) is 5.92 Å². The van der Waals surface area contributed by atoms with Gasteiger partial charge in [-0.2, -0.15) is 0 Å². The zero-order valence-corrected chi connectivity index (χ0v) is 12.6. The molecule has 0 aromatic carbocycles. The summed E-state index contributed by atoms with van der Waals surface area (Å²) in [5.41, 5.74) is 0. The molecule has 0 aromatic rings. The molecule has 1 unspecified atom stereocenters. The van der Waals surface area contributed by atoms with Crippen LogP contribution in [-0.4, -0.2) is 73.2 Å². The Balaban J connectivity index is 2.20. The van der Waals surface area contributed by atoms with Crippen molar-refractivity contribution in [1.82, 2.24) is 15.1 Å². The fourth-order valence-electron chi connectivity index (χ4n) is 2.49. The van der Waals surface area contributed by atoms with Gasteiger partial charge in [-0.05, 0) is 13.0 Å². The first-order valence-electron chi connectivity index (χ1n) is 7.43. The second-order valence-corrected chi connectivity index (χ2v) is 5.46. The molecule has 0 aromatic heterocycles. The largest absolute Gasteiger partial charge is 0.392 e. The molecule has 1 atom stereocenters. The lowest BCUT2D eigenvalue weighted by molar-refractivity contribution is -0.131. The molecule has 112 valence electrons. The van der Waals surface area contributed by atoms with E-state index in [0.29, 0.717) is 19.0 Å². The number of aliphatic hydroxyl groups excluding tert-OH is 1. The number of piperazine rings is 1. The van der Waals surface area contributed by atoms with Gasteiger partial charge in [-0.3, -0.25) is 4.79 Å². The lowest BCUT2D eigenvalue weighted by Crippen LogP contribution is -2.50. The lowest BCUT2D eigenvalue weighted by atomic mass is 9.96. The maximum atomic E-state index is 12.0. The number of hydrogen-bond acceptors (Lipinski definition) is 4. The molecular formula is C14H29N3O2. The van der Waals surface area contributed by atoms with Crippen molar-refractivity contribution in [2.45, 2.75) is 32.8 Å². The molecule has 5 nitrogen and oxygen atoms in total. The fraction of sp³-hybridized carbons (Fsp3) is 0.929. The Kier molecular flexibility index (Phi) is 7.34. The highest BCUT2D eigenvalue weighted by Gasteiger charge is 2.19. The average molecular weight is 271 g/mol. The number of hydrogen-bond donors (Lipinski definition) is 2. The smallest absolute Gasteiger partial charge is 0.236 e. The van der Waals surface area contributed by atoms with Crippen LogP contribution in [-0.2, 0) is 4.79 Å². The second kappa shape index (κ2) is 8.51. The Labute approximate surface area is 117 Å². The van der Waals surface area contributed by atoms with Crippen molar-refractivity contribution in [3.05, 3.63) is 0 Å². The van der Waals surface area contributed by atoms with Crippen LogP contribution in [0.4, 0.5) is 0 Å². The second-order valence-electron chi connectivity index (χ2n) is 5.46. The molecule has 0 bridgehead atoms. The number of likely N-dealkylation sites (N-methyl/N-ethyl adjacent to an activating group) is 1. The van der Waals surface area contributed by atoms with Crippen molar-refractivity contribution < 1.29 is 9.90 Å². The van der Waals surface area contributed by atoms with Crippen molar-refractivity contribution >= 4 is 5.91 Å². The van der Waals surface area contributed by atoms with Crippen LogP contribution in [0.3, 0.4) is 0 Å². The predicted molar refractivity (Wildman–Crippen MR) is 77.0 cm³/mol. The van der Waals surface area contributed by atoms with Gasteiger partial charge in [-0.15, -0.1) is 0 Å². The van der Waals surface area contributed by atoms with Gasteiger partial charge < -0.3 is 20.2 Å². The van der Waals surface area contributed by atoms with Gasteiger partial charge in [0.2, 0.25) is 5.91 Å². The maximum Gasteiger partial charge on any atom is 0.236 e. The third-order valence-corrected chi connectivity index (χ3v) is 4.08. The summed E-state index contributed by atoms with van der Waals surface area (Å²) in [6.45, 7) is 8.54. The number of aliphatic hydroxyl groups is 1. The van der Waals surface area contributed by atoms with E-state index in [4.69, 9.17) is 0 Å². The minimum Gasteiger partial charge on any atom is -0.392 e. The van der Waals surface area contributed by atoms with Crippen LogP contribution in [0.5, 0.6) is 0 Å². The molecular weight excluding hydrogens is 242 g/mol. The third-order valence-electron chi connectivity index (χ3n) is 4.08. The first-order chi connectivity index (χ1) is 9.08. The summed E-state index contributed by atoms with van der Waals surface area (Å²) in [5, 5.41) is 13.1. The van der Waals surface area contributed by atoms with Crippen molar-refractivity contribution in [2.24, 2.45) is 5.92 Å². The summed E-state index contributed by atoms with van der Waals surface area (Å²) >= 11 is 0. The first kappa shape index (κ1) is 16.4. The average Bonchev–Trinajstić information content (AvgIpc) is 2.40. The Morgan fingerprint density at radius 3 is 2.32 bits per heavy atom. The summed E-state index contributed by atoms with van der Waals surface area (Å²) in [6, 6.07) is 0. The molecule has 1 aliphatic rings. The van der Waals surface area contributed by atoms with Crippen LogP contribution in [0.2, 0.25) is 0 Å². The molecule has 5 heteroatoms. The van der Waals surface area contributed by atoms with Crippen LogP contribution in [0.25, 0.3) is 0 Å². The summed E-state index contributed by atoms with van der Waals surface area (Å²) in [6.07, 6.45) is 1.60. The molecule has 19 heavy (non-hydrogen) atoms. The molecule has 0 spiro atoms. The predicted octanol–water partition coefficient (Wildman–Crippen LogP) is 0.147.